The molecular formula is C17H13Cl3O4. The van der Waals surface area contributed by atoms with Gasteiger partial charge in [-0.3, -0.25) is 4.79 Å². The zero-order valence-electron chi connectivity index (χ0n) is 12.8. The molecule has 0 aliphatic carbocycles. The molecule has 2 aromatic carbocycles. The topological polar surface area (TPSA) is 55.8 Å². The summed E-state index contributed by atoms with van der Waals surface area (Å²) in [4.78, 5) is 12.3. The van der Waals surface area contributed by atoms with Crippen LogP contribution in [0.15, 0.2) is 30.3 Å². The van der Waals surface area contributed by atoms with Crippen LogP contribution in [0.2, 0.25) is 15.1 Å². The number of allylic oxidation sites excluding steroid dienone is 1. The quantitative estimate of drug-likeness (QED) is 0.431. The lowest BCUT2D eigenvalue weighted by Crippen LogP contribution is -1.96. The van der Waals surface area contributed by atoms with Gasteiger partial charge in [-0.25, -0.2) is 0 Å². The Labute approximate surface area is 154 Å². The van der Waals surface area contributed by atoms with E-state index in [4.69, 9.17) is 44.3 Å². The van der Waals surface area contributed by atoms with E-state index in [-0.39, 0.29) is 43.7 Å². The summed E-state index contributed by atoms with van der Waals surface area (Å²) in [6.45, 7) is 0. The smallest absolute Gasteiger partial charge is 0.200 e. The molecule has 0 amide bonds. The van der Waals surface area contributed by atoms with E-state index >= 15 is 0 Å². The molecule has 0 atom stereocenters. The van der Waals surface area contributed by atoms with Crippen molar-refractivity contribution in [3.63, 3.8) is 0 Å². The number of hydrogen-bond donors (Lipinski definition) is 1. The summed E-state index contributed by atoms with van der Waals surface area (Å²) in [5.41, 5.74) is 0.839. The van der Waals surface area contributed by atoms with Gasteiger partial charge in [-0.05, 0) is 35.9 Å². The minimum Gasteiger partial charge on any atom is -0.502 e. The number of ketones is 1. The van der Waals surface area contributed by atoms with Gasteiger partial charge >= 0.3 is 0 Å². The van der Waals surface area contributed by atoms with Gasteiger partial charge in [0, 0.05) is 5.56 Å². The average molecular weight is 388 g/mol. The van der Waals surface area contributed by atoms with Crippen molar-refractivity contribution >= 4 is 46.7 Å². The Morgan fingerprint density at radius 1 is 1.04 bits per heavy atom. The van der Waals surface area contributed by atoms with Crippen LogP contribution >= 0.6 is 34.8 Å². The van der Waals surface area contributed by atoms with E-state index in [1.54, 1.807) is 18.2 Å². The summed E-state index contributed by atoms with van der Waals surface area (Å²) >= 11 is 17.8. The lowest BCUT2D eigenvalue weighted by molar-refractivity contribution is 0.104. The summed E-state index contributed by atoms with van der Waals surface area (Å²) < 4.78 is 10.1. The lowest BCUT2D eigenvalue weighted by Gasteiger charge is -2.09. The van der Waals surface area contributed by atoms with Gasteiger partial charge in [0.25, 0.3) is 0 Å². The van der Waals surface area contributed by atoms with Crippen LogP contribution in [0.1, 0.15) is 15.9 Å². The molecule has 0 aromatic heterocycles. The fourth-order valence-corrected chi connectivity index (χ4v) is 2.62. The molecular weight excluding hydrogens is 375 g/mol. The minimum atomic E-state index is -0.343. The molecule has 0 unspecified atom stereocenters. The minimum absolute atomic E-state index is 0.0969. The number of phenolic OH excluding ortho intramolecular Hbond substituents is 1. The molecule has 1 N–H and O–H groups in total. The number of carbonyl (C=O) groups is 1. The van der Waals surface area contributed by atoms with Crippen LogP contribution in [0.5, 0.6) is 17.2 Å². The number of rotatable bonds is 5. The molecule has 0 aliphatic rings. The molecule has 2 aromatic rings. The average Bonchev–Trinajstić information content (AvgIpc) is 2.58. The van der Waals surface area contributed by atoms with Gasteiger partial charge < -0.3 is 14.6 Å². The number of benzene rings is 2. The Morgan fingerprint density at radius 3 is 2.17 bits per heavy atom. The molecule has 0 saturated carbocycles. The van der Waals surface area contributed by atoms with Crippen LogP contribution in [-0.2, 0) is 0 Å². The van der Waals surface area contributed by atoms with Crippen molar-refractivity contribution in [3.8, 4) is 17.2 Å². The Bertz CT molecular complexity index is 791. The molecule has 0 fully saturated rings. The van der Waals surface area contributed by atoms with Gasteiger partial charge in [-0.2, -0.15) is 0 Å². The number of ether oxygens (including phenoxy) is 2. The van der Waals surface area contributed by atoms with Gasteiger partial charge in [-0.1, -0.05) is 40.9 Å². The third-order valence-electron chi connectivity index (χ3n) is 3.23. The highest BCUT2D eigenvalue weighted by Gasteiger charge is 2.14. The largest absolute Gasteiger partial charge is 0.502 e. The Hall–Kier alpha value is -1.88. The number of methoxy groups -OCH3 is 2. The van der Waals surface area contributed by atoms with Crippen LogP contribution < -0.4 is 9.47 Å². The normalized spacial score (nSPS) is 10.9. The fourth-order valence-electron chi connectivity index (χ4n) is 1.99. The summed E-state index contributed by atoms with van der Waals surface area (Å²) in [6, 6.07) is 6.14. The fraction of sp³-hybridized carbons (Fsp3) is 0.118. The van der Waals surface area contributed by atoms with Crippen LogP contribution in [0, 0.1) is 0 Å². The number of halogens is 3. The van der Waals surface area contributed by atoms with Crippen molar-refractivity contribution in [2.45, 2.75) is 0 Å². The maximum atomic E-state index is 12.3. The molecule has 0 heterocycles. The molecule has 0 bridgehead atoms. The number of phenols is 1. The zero-order valence-corrected chi connectivity index (χ0v) is 15.0. The predicted molar refractivity (Wildman–Crippen MR) is 96.0 cm³/mol. The third-order valence-corrected chi connectivity index (χ3v) is 4.52. The molecule has 0 spiro atoms. The highest BCUT2D eigenvalue weighted by Crippen LogP contribution is 2.37. The third kappa shape index (κ3) is 3.78. The molecule has 2 rings (SSSR count). The first kappa shape index (κ1) is 18.5. The second-order valence-corrected chi connectivity index (χ2v) is 5.86. The van der Waals surface area contributed by atoms with E-state index in [1.807, 2.05) is 0 Å². The van der Waals surface area contributed by atoms with Gasteiger partial charge in [-0.15, -0.1) is 0 Å². The highest BCUT2D eigenvalue weighted by molar-refractivity contribution is 6.49. The van der Waals surface area contributed by atoms with Crippen LogP contribution in [0.25, 0.3) is 6.08 Å². The standard InChI is InChI=1S/C17H13Cl3O4/c1-23-13-7-9(8-14(24-2)17(13)22)3-6-12(21)10-4-5-11(18)16(20)15(10)19/h3-8,22H,1-2H3/b6-3+. The van der Waals surface area contributed by atoms with Gasteiger partial charge in [0.1, 0.15) is 0 Å². The second-order valence-electron chi connectivity index (χ2n) is 4.69. The van der Waals surface area contributed by atoms with Crippen molar-refractivity contribution in [2.75, 3.05) is 14.2 Å². The number of carbonyl (C=O) groups excluding carboxylic acids is 1. The second kappa shape index (κ2) is 7.79. The molecule has 24 heavy (non-hydrogen) atoms. The van der Waals surface area contributed by atoms with E-state index in [0.717, 1.165) is 0 Å². The molecule has 0 radical (unpaired) electrons. The maximum absolute atomic E-state index is 12.3. The van der Waals surface area contributed by atoms with Crippen molar-refractivity contribution in [2.24, 2.45) is 0 Å². The maximum Gasteiger partial charge on any atom is 0.200 e. The van der Waals surface area contributed by atoms with E-state index in [9.17, 15) is 9.90 Å². The van der Waals surface area contributed by atoms with E-state index in [0.29, 0.717) is 5.56 Å². The van der Waals surface area contributed by atoms with E-state index < -0.39 is 0 Å². The molecule has 0 saturated heterocycles. The van der Waals surface area contributed by atoms with Crippen LogP contribution in [-0.4, -0.2) is 25.1 Å². The van der Waals surface area contributed by atoms with E-state index in [1.165, 1.54) is 32.4 Å². The zero-order chi connectivity index (χ0) is 17.9. The summed E-state index contributed by atoms with van der Waals surface area (Å²) in [6.07, 6.45) is 2.88. The summed E-state index contributed by atoms with van der Waals surface area (Å²) in [5.74, 6) is 0.00335. The molecule has 0 aliphatic heterocycles. The predicted octanol–water partition coefficient (Wildman–Crippen LogP) is 5.27. The van der Waals surface area contributed by atoms with Gasteiger partial charge in [0.15, 0.2) is 17.3 Å². The molecule has 126 valence electrons. The monoisotopic (exact) mass is 386 g/mol. The first-order chi connectivity index (χ1) is 11.4. The van der Waals surface area contributed by atoms with Crippen LogP contribution in [0.3, 0.4) is 0 Å². The van der Waals surface area contributed by atoms with E-state index in [2.05, 4.69) is 0 Å². The molecule has 4 nitrogen and oxygen atoms in total. The Balaban J connectivity index is 2.34. The highest BCUT2D eigenvalue weighted by atomic mass is 35.5. The lowest BCUT2D eigenvalue weighted by atomic mass is 10.1. The van der Waals surface area contributed by atoms with Crippen molar-refractivity contribution in [1.82, 2.24) is 0 Å². The summed E-state index contributed by atoms with van der Waals surface area (Å²) in [7, 11) is 2.84. The SMILES string of the molecule is COc1cc(/C=C/C(=O)c2ccc(Cl)c(Cl)c2Cl)cc(OC)c1O. The Kier molecular flexibility index (Phi) is 5.99. The van der Waals surface area contributed by atoms with Crippen molar-refractivity contribution in [3.05, 3.63) is 56.5 Å². The van der Waals surface area contributed by atoms with Crippen molar-refractivity contribution < 1.29 is 19.4 Å². The first-order valence-electron chi connectivity index (χ1n) is 6.70. The first-order valence-corrected chi connectivity index (χ1v) is 7.83. The molecule has 7 heteroatoms. The van der Waals surface area contributed by atoms with Gasteiger partial charge in [0.05, 0.1) is 29.3 Å². The van der Waals surface area contributed by atoms with Gasteiger partial charge in [0.2, 0.25) is 5.75 Å². The van der Waals surface area contributed by atoms with Crippen molar-refractivity contribution in [1.29, 1.82) is 0 Å². The summed E-state index contributed by atoms with van der Waals surface area (Å²) in [5, 5.41) is 10.4. The van der Waals surface area contributed by atoms with Crippen LogP contribution in [0.4, 0.5) is 0 Å². The number of hydrogen-bond acceptors (Lipinski definition) is 4. The number of aromatic hydroxyl groups is 1. The Morgan fingerprint density at radius 2 is 1.62 bits per heavy atom.